The van der Waals surface area contributed by atoms with Gasteiger partial charge in [0.05, 0.1) is 26.4 Å². The van der Waals surface area contributed by atoms with E-state index in [0.717, 1.165) is 35.8 Å². The van der Waals surface area contributed by atoms with E-state index in [1.807, 2.05) is 48.5 Å². The molecule has 0 aromatic heterocycles. The molecule has 160 valence electrons. The number of hydrogen-bond acceptors (Lipinski definition) is 5. The van der Waals surface area contributed by atoms with E-state index < -0.39 is 0 Å². The molecule has 2 aromatic rings. The van der Waals surface area contributed by atoms with Crippen molar-refractivity contribution in [2.75, 3.05) is 39.6 Å². The Morgan fingerprint density at radius 1 is 0.483 bits per heavy atom. The van der Waals surface area contributed by atoms with Crippen LogP contribution < -0.4 is 18.9 Å². The van der Waals surface area contributed by atoms with Crippen molar-refractivity contribution in [2.24, 2.45) is 0 Å². The standard InChI is InChI=1S/C24H34O5/c1-3-5-10-16-27-22-12-7-9-14-24(22)29-20-18-25-17-19-28-23-13-8-6-11-21(23)26-15-4-2/h6-9,11-14H,3-5,10,15-20H2,1-2H3. The Hall–Kier alpha value is -2.40. The van der Waals surface area contributed by atoms with Gasteiger partial charge in [-0.05, 0) is 37.1 Å². The van der Waals surface area contributed by atoms with E-state index in [4.69, 9.17) is 23.7 Å². The van der Waals surface area contributed by atoms with Crippen LogP contribution in [-0.2, 0) is 4.74 Å². The maximum atomic E-state index is 5.83. The Morgan fingerprint density at radius 3 is 1.38 bits per heavy atom. The average Bonchev–Trinajstić information content (AvgIpc) is 2.76. The van der Waals surface area contributed by atoms with Gasteiger partial charge in [0.15, 0.2) is 23.0 Å². The summed E-state index contributed by atoms with van der Waals surface area (Å²) >= 11 is 0. The zero-order chi connectivity index (χ0) is 20.6. The highest BCUT2D eigenvalue weighted by atomic mass is 16.6. The van der Waals surface area contributed by atoms with Gasteiger partial charge in [0, 0.05) is 0 Å². The van der Waals surface area contributed by atoms with Gasteiger partial charge >= 0.3 is 0 Å². The van der Waals surface area contributed by atoms with Gasteiger partial charge in [-0.3, -0.25) is 0 Å². The minimum atomic E-state index is 0.462. The van der Waals surface area contributed by atoms with Crippen LogP contribution in [0.2, 0.25) is 0 Å². The summed E-state index contributed by atoms with van der Waals surface area (Å²) in [5.74, 6) is 3.06. The first-order valence-corrected chi connectivity index (χ1v) is 10.6. The zero-order valence-electron chi connectivity index (χ0n) is 17.7. The molecule has 0 heterocycles. The molecule has 2 rings (SSSR count). The Morgan fingerprint density at radius 2 is 0.931 bits per heavy atom. The predicted octanol–water partition coefficient (Wildman–Crippen LogP) is 5.52. The first-order valence-electron chi connectivity index (χ1n) is 10.6. The topological polar surface area (TPSA) is 46.2 Å². The second-order valence-corrected chi connectivity index (χ2v) is 6.61. The molecule has 5 heteroatoms. The van der Waals surface area contributed by atoms with Crippen LogP contribution in [0.25, 0.3) is 0 Å². The number of hydrogen-bond donors (Lipinski definition) is 0. The highest BCUT2D eigenvalue weighted by Gasteiger charge is 2.05. The lowest BCUT2D eigenvalue weighted by Crippen LogP contribution is -2.13. The van der Waals surface area contributed by atoms with Crippen molar-refractivity contribution < 1.29 is 23.7 Å². The van der Waals surface area contributed by atoms with Gasteiger partial charge in [0.2, 0.25) is 0 Å². The second kappa shape index (κ2) is 14.6. The summed E-state index contributed by atoms with van der Waals surface area (Å²) in [6.07, 6.45) is 4.37. The van der Waals surface area contributed by atoms with Crippen molar-refractivity contribution in [1.29, 1.82) is 0 Å². The summed E-state index contributed by atoms with van der Waals surface area (Å²) in [7, 11) is 0. The maximum Gasteiger partial charge on any atom is 0.161 e. The SMILES string of the molecule is CCCCCOc1ccccc1OCCOCCOc1ccccc1OCCC. The van der Waals surface area contributed by atoms with Crippen LogP contribution in [0.3, 0.4) is 0 Å². The van der Waals surface area contributed by atoms with Crippen molar-refractivity contribution >= 4 is 0 Å². The Bertz CT molecular complexity index is 674. The van der Waals surface area contributed by atoms with E-state index in [-0.39, 0.29) is 0 Å². The Kier molecular flexibility index (Phi) is 11.5. The molecule has 29 heavy (non-hydrogen) atoms. The lowest BCUT2D eigenvalue weighted by molar-refractivity contribution is 0.0746. The molecule has 0 fully saturated rings. The van der Waals surface area contributed by atoms with Crippen molar-refractivity contribution in [3.8, 4) is 23.0 Å². The van der Waals surface area contributed by atoms with Crippen LogP contribution in [-0.4, -0.2) is 39.6 Å². The van der Waals surface area contributed by atoms with E-state index >= 15 is 0 Å². The monoisotopic (exact) mass is 402 g/mol. The quantitative estimate of drug-likeness (QED) is 0.346. The smallest absolute Gasteiger partial charge is 0.161 e. The third-order valence-electron chi connectivity index (χ3n) is 4.14. The summed E-state index contributed by atoms with van der Waals surface area (Å²) in [5, 5.41) is 0. The van der Waals surface area contributed by atoms with E-state index in [2.05, 4.69) is 13.8 Å². The van der Waals surface area contributed by atoms with E-state index in [0.29, 0.717) is 39.6 Å². The zero-order valence-corrected chi connectivity index (χ0v) is 17.7. The minimum absolute atomic E-state index is 0.462. The second-order valence-electron chi connectivity index (χ2n) is 6.61. The third-order valence-corrected chi connectivity index (χ3v) is 4.14. The highest BCUT2D eigenvalue weighted by molar-refractivity contribution is 5.40. The minimum Gasteiger partial charge on any atom is -0.490 e. The fourth-order valence-corrected chi connectivity index (χ4v) is 2.65. The number of unbranched alkanes of at least 4 members (excludes halogenated alkanes) is 2. The molecule has 0 aliphatic carbocycles. The van der Waals surface area contributed by atoms with Gasteiger partial charge < -0.3 is 23.7 Å². The molecule has 2 aromatic carbocycles. The van der Waals surface area contributed by atoms with Gasteiger partial charge in [0.25, 0.3) is 0 Å². The summed E-state index contributed by atoms with van der Waals surface area (Å²) in [6, 6.07) is 15.5. The fourth-order valence-electron chi connectivity index (χ4n) is 2.65. The average molecular weight is 403 g/mol. The molecule has 0 radical (unpaired) electrons. The number of para-hydroxylation sites is 4. The van der Waals surface area contributed by atoms with Gasteiger partial charge in [-0.2, -0.15) is 0 Å². The van der Waals surface area contributed by atoms with Crippen LogP contribution >= 0.6 is 0 Å². The molecule has 0 saturated carbocycles. The van der Waals surface area contributed by atoms with Crippen LogP contribution in [0.15, 0.2) is 48.5 Å². The van der Waals surface area contributed by atoms with Gasteiger partial charge in [0.1, 0.15) is 13.2 Å². The van der Waals surface area contributed by atoms with Gasteiger partial charge in [-0.25, -0.2) is 0 Å². The predicted molar refractivity (Wildman–Crippen MR) is 115 cm³/mol. The van der Waals surface area contributed by atoms with Crippen molar-refractivity contribution in [3.63, 3.8) is 0 Å². The molecule has 0 aliphatic heterocycles. The fraction of sp³-hybridized carbons (Fsp3) is 0.500. The van der Waals surface area contributed by atoms with Crippen LogP contribution in [0.1, 0.15) is 39.5 Å². The van der Waals surface area contributed by atoms with Crippen molar-refractivity contribution in [2.45, 2.75) is 39.5 Å². The number of benzene rings is 2. The van der Waals surface area contributed by atoms with Gasteiger partial charge in [-0.15, -0.1) is 0 Å². The number of rotatable bonds is 16. The summed E-state index contributed by atoms with van der Waals surface area (Å²) in [5.41, 5.74) is 0. The lowest BCUT2D eigenvalue weighted by atomic mass is 10.2. The molecule has 0 spiro atoms. The molecule has 0 aliphatic rings. The van der Waals surface area contributed by atoms with E-state index in [1.54, 1.807) is 0 Å². The first kappa shape index (κ1) is 22.9. The molecular weight excluding hydrogens is 368 g/mol. The number of ether oxygens (including phenoxy) is 5. The Labute approximate surface area is 174 Å². The first-order chi connectivity index (χ1) is 14.3. The Balaban J connectivity index is 1.62. The molecule has 0 unspecified atom stereocenters. The highest BCUT2D eigenvalue weighted by Crippen LogP contribution is 2.27. The summed E-state index contributed by atoms with van der Waals surface area (Å²) in [4.78, 5) is 0. The molecule has 0 bridgehead atoms. The van der Waals surface area contributed by atoms with Crippen molar-refractivity contribution in [3.05, 3.63) is 48.5 Å². The third kappa shape index (κ3) is 9.09. The maximum absolute atomic E-state index is 5.83. The summed E-state index contributed by atoms with van der Waals surface area (Å²) < 4.78 is 28.7. The van der Waals surface area contributed by atoms with Gasteiger partial charge in [-0.1, -0.05) is 51.0 Å². The summed E-state index contributed by atoms with van der Waals surface area (Å²) in [6.45, 7) is 7.55. The molecule has 0 amide bonds. The van der Waals surface area contributed by atoms with Crippen LogP contribution in [0.4, 0.5) is 0 Å². The van der Waals surface area contributed by atoms with Crippen LogP contribution in [0.5, 0.6) is 23.0 Å². The molecule has 0 saturated heterocycles. The molecular formula is C24H34O5. The van der Waals surface area contributed by atoms with Crippen molar-refractivity contribution in [1.82, 2.24) is 0 Å². The lowest BCUT2D eigenvalue weighted by Gasteiger charge is -2.13. The molecule has 0 atom stereocenters. The normalized spacial score (nSPS) is 10.6. The largest absolute Gasteiger partial charge is 0.490 e. The van der Waals surface area contributed by atoms with E-state index in [9.17, 15) is 0 Å². The molecule has 0 N–H and O–H groups in total. The van der Waals surface area contributed by atoms with Crippen LogP contribution in [0, 0.1) is 0 Å². The molecule has 5 nitrogen and oxygen atoms in total. The van der Waals surface area contributed by atoms with E-state index in [1.165, 1.54) is 12.8 Å².